The van der Waals surface area contributed by atoms with E-state index < -0.39 is 97.5 Å². The summed E-state index contributed by atoms with van der Waals surface area (Å²) in [4.78, 5) is 73.1. The maximum atomic E-state index is 13.1. The first kappa shape index (κ1) is 99.1. The van der Waals surface area contributed by atoms with Crippen LogP contribution in [0, 0.1) is 17.8 Å². The quantitative estimate of drug-likeness (QED) is 0.0222. The number of phosphoric ester groups is 2. The highest BCUT2D eigenvalue weighted by molar-refractivity contribution is 7.47. The molecule has 0 aromatic carbocycles. The van der Waals surface area contributed by atoms with Gasteiger partial charge >= 0.3 is 39.5 Å². The van der Waals surface area contributed by atoms with Crippen LogP contribution in [0.25, 0.3) is 0 Å². The first-order chi connectivity index (χ1) is 48.7. The molecule has 2 unspecified atom stereocenters. The van der Waals surface area contributed by atoms with Crippen molar-refractivity contribution in [3.63, 3.8) is 0 Å². The maximum absolute atomic E-state index is 13.1. The van der Waals surface area contributed by atoms with E-state index in [1.165, 1.54) is 238 Å². The Kier molecular flexibility index (Phi) is 70.9. The molecular weight excluding hydrogens is 1320 g/mol. The topological polar surface area (TPSA) is 237 Å². The lowest BCUT2D eigenvalue weighted by Crippen LogP contribution is -2.30. The van der Waals surface area contributed by atoms with Crippen molar-refractivity contribution in [3.8, 4) is 0 Å². The highest BCUT2D eigenvalue weighted by Crippen LogP contribution is 2.45. The molecule has 0 bridgehead atoms. The Morgan fingerprint density at radius 1 is 0.267 bits per heavy atom. The number of unbranched alkanes of at least 4 members (excludes halogenated alkanes) is 48. The maximum Gasteiger partial charge on any atom is 0.472 e. The number of esters is 4. The molecule has 0 radical (unpaired) electrons. The van der Waals surface area contributed by atoms with E-state index in [0.29, 0.717) is 25.7 Å². The molecule has 0 aliphatic carbocycles. The van der Waals surface area contributed by atoms with Gasteiger partial charge in [-0.05, 0) is 43.4 Å². The van der Waals surface area contributed by atoms with Crippen molar-refractivity contribution in [3.05, 3.63) is 0 Å². The molecule has 0 aromatic heterocycles. The van der Waals surface area contributed by atoms with Crippen LogP contribution in [0.4, 0.5) is 0 Å². The van der Waals surface area contributed by atoms with Gasteiger partial charge in [-0.15, -0.1) is 0 Å². The number of hydrogen-bond donors (Lipinski definition) is 3. The first-order valence-corrected chi connectivity index (χ1v) is 45.3. The number of rotatable bonds is 80. The molecule has 17 nitrogen and oxygen atoms in total. The van der Waals surface area contributed by atoms with E-state index in [1.807, 2.05) is 0 Å². The van der Waals surface area contributed by atoms with Gasteiger partial charge in [-0.2, -0.15) is 0 Å². The molecular formula is C82H160O17P2. The molecule has 101 heavy (non-hydrogen) atoms. The fraction of sp³-hybridized carbons (Fsp3) is 0.951. The summed E-state index contributed by atoms with van der Waals surface area (Å²) in [5, 5.41) is 10.6. The van der Waals surface area contributed by atoms with E-state index >= 15 is 0 Å². The Balaban J connectivity index is 5.24. The molecule has 0 aliphatic heterocycles. The van der Waals surface area contributed by atoms with E-state index in [1.54, 1.807) is 0 Å². The highest BCUT2D eigenvalue weighted by Gasteiger charge is 2.30. The summed E-state index contributed by atoms with van der Waals surface area (Å²) < 4.78 is 68.8. The summed E-state index contributed by atoms with van der Waals surface area (Å²) in [6.07, 6.45) is 60.9. The van der Waals surface area contributed by atoms with Crippen molar-refractivity contribution in [2.24, 2.45) is 17.8 Å². The normalized spacial score (nSPS) is 14.0. The fourth-order valence-electron chi connectivity index (χ4n) is 12.7. The number of phosphoric acid groups is 2. The molecule has 0 heterocycles. The van der Waals surface area contributed by atoms with Crippen molar-refractivity contribution in [2.45, 2.75) is 446 Å². The van der Waals surface area contributed by atoms with E-state index in [4.69, 9.17) is 37.0 Å². The van der Waals surface area contributed by atoms with Crippen LogP contribution >= 0.6 is 15.6 Å². The summed E-state index contributed by atoms with van der Waals surface area (Å²) in [5.74, 6) is 0.280. The Hall–Kier alpha value is -1.94. The average molecular weight is 1480 g/mol. The third-order valence-electron chi connectivity index (χ3n) is 19.1. The van der Waals surface area contributed by atoms with Crippen LogP contribution < -0.4 is 0 Å². The summed E-state index contributed by atoms with van der Waals surface area (Å²) >= 11 is 0. The van der Waals surface area contributed by atoms with Crippen molar-refractivity contribution < 1.29 is 80.2 Å². The zero-order chi connectivity index (χ0) is 74.4. The van der Waals surface area contributed by atoms with Gasteiger partial charge in [0.2, 0.25) is 0 Å². The minimum absolute atomic E-state index is 0.107. The largest absolute Gasteiger partial charge is 0.472 e. The Labute approximate surface area is 619 Å². The van der Waals surface area contributed by atoms with Crippen LogP contribution in [0.2, 0.25) is 0 Å². The van der Waals surface area contributed by atoms with E-state index in [9.17, 15) is 43.2 Å². The predicted molar refractivity (Wildman–Crippen MR) is 414 cm³/mol. The molecule has 0 spiro atoms. The van der Waals surface area contributed by atoms with Gasteiger partial charge in [-0.1, -0.05) is 376 Å². The molecule has 19 heteroatoms. The zero-order valence-corrected chi connectivity index (χ0v) is 68.2. The molecule has 0 saturated heterocycles. The van der Waals surface area contributed by atoms with Crippen LogP contribution in [0.3, 0.4) is 0 Å². The van der Waals surface area contributed by atoms with Crippen LogP contribution in [0.5, 0.6) is 0 Å². The predicted octanol–water partition coefficient (Wildman–Crippen LogP) is 24.5. The van der Waals surface area contributed by atoms with Crippen LogP contribution in [0.1, 0.15) is 427 Å². The molecule has 600 valence electrons. The third-order valence-corrected chi connectivity index (χ3v) is 21.0. The van der Waals surface area contributed by atoms with Gasteiger partial charge in [0.05, 0.1) is 26.4 Å². The second-order valence-corrected chi connectivity index (χ2v) is 33.8. The van der Waals surface area contributed by atoms with Gasteiger partial charge in [-0.25, -0.2) is 9.13 Å². The number of carbonyl (C=O) groups is 4. The van der Waals surface area contributed by atoms with Gasteiger partial charge in [0.15, 0.2) is 12.2 Å². The zero-order valence-electron chi connectivity index (χ0n) is 66.4. The summed E-state index contributed by atoms with van der Waals surface area (Å²) in [6.45, 7) is 12.0. The standard InChI is InChI=1S/C82H160O17P2/c1-8-9-10-11-12-13-35-42-49-56-63-79(84)92-69-77(98-82(87)66-59-52-45-38-31-25-19-22-28-34-41-48-55-62-75(6)7)71-96-100(88,89)94-67-76(83)68-95-101(90,91)97-72-78(70-93-80(85)64-57-50-43-36-29-23-18-17-21-27-33-40-47-54-61-74(4)5)99-81(86)65-58-51-44-37-30-24-16-14-15-20-26-32-39-46-53-60-73(2)3/h73-78,83H,8-72H2,1-7H3,(H,88,89)(H,90,91)/t76-,77+,78+/m0/s1. The summed E-state index contributed by atoms with van der Waals surface area (Å²) in [6, 6.07) is 0. The molecule has 0 saturated carbocycles. The number of hydrogen-bond acceptors (Lipinski definition) is 15. The fourth-order valence-corrected chi connectivity index (χ4v) is 14.2. The SMILES string of the molecule is CCCCCCCCCCCCC(=O)OC[C@H](COP(=O)(O)OC[C@H](O)COP(=O)(O)OC[C@@H](COC(=O)CCCCCCCCCCCCCCCCC(C)C)OC(=O)CCCCCCCCCCCCCCCCCC(C)C)OC(=O)CCCCCCCCCCCCCCCC(C)C. The number of carbonyl (C=O) groups excluding carboxylic acids is 4. The van der Waals surface area contributed by atoms with Crippen molar-refractivity contribution >= 4 is 39.5 Å². The number of aliphatic hydroxyl groups excluding tert-OH is 1. The van der Waals surface area contributed by atoms with Crippen molar-refractivity contribution in [1.82, 2.24) is 0 Å². The lowest BCUT2D eigenvalue weighted by Gasteiger charge is -2.21. The summed E-state index contributed by atoms with van der Waals surface area (Å²) in [5.41, 5.74) is 0. The van der Waals surface area contributed by atoms with E-state index in [-0.39, 0.29) is 25.7 Å². The smallest absolute Gasteiger partial charge is 0.462 e. The van der Waals surface area contributed by atoms with E-state index in [2.05, 4.69) is 48.5 Å². The van der Waals surface area contributed by atoms with Crippen LogP contribution in [0.15, 0.2) is 0 Å². The van der Waals surface area contributed by atoms with Gasteiger partial charge in [0.1, 0.15) is 19.3 Å². The Morgan fingerprint density at radius 3 is 0.673 bits per heavy atom. The van der Waals surface area contributed by atoms with Gasteiger partial charge < -0.3 is 33.8 Å². The number of ether oxygens (including phenoxy) is 4. The monoisotopic (exact) mass is 1480 g/mol. The van der Waals surface area contributed by atoms with Gasteiger partial charge in [-0.3, -0.25) is 37.3 Å². The molecule has 0 fully saturated rings. The molecule has 0 rings (SSSR count). The van der Waals surface area contributed by atoms with Gasteiger partial charge in [0.25, 0.3) is 0 Å². The second kappa shape index (κ2) is 72.3. The lowest BCUT2D eigenvalue weighted by molar-refractivity contribution is -0.161. The molecule has 5 atom stereocenters. The Bertz CT molecular complexity index is 1960. The average Bonchev–Trinajstić information content (AvgIpc) is 0.970. The van der Waals surface area contributed by atoms with E-state index in [0.717, 1.165) is 108 Å². The molecule has 0 amide bonds. The minimum atomic E-state index is -4.96. The molecule has 3 N–H and O–H groups in total. The summed E-state index contributed by atoms with van der Waals surface area (Å²) in [7, 11) is -9.92. The molecule has 0 aliphatic rings. The number of aliphatic hydroxyl groups is 1. The van der Waals surface area contributed by atoms with Gasteiger partial charge in [0, 0.05) is 25.7 Å². The third kappa shape index (κ3) is 76.1. The van der Waals surface area contributed by atoms with Crippen molar-refractivity contribution in [2.75, 3.05) is 39.6 Å². The second-order valence-electron chi connectivity index (χ2n) is 30.9. The molecule has 0 aromatic rings. The van der Waals surface area contributed by atoms with Crippen LogP contribution in [-0.4, -0.2) is 96.7 Å². The first-order valence-electron chi connectivity index (χ1n) is 42.3. The highest BCUT2D eigenvalue weighted by atomic mass is 31.2. The Morgan fingerprint density at radius 2 is 0.455 bits per heavy atom. The lowest BCUT2D eigenvalue weighted by atomic mass is 10.0. The van der Waals surface area contributed by atoms with Crippen LogP contribution in [-0.2, 0) is 65.4 Å². The van der Waals surface area contributed by atoms with Crippen molar-refractivity contribution in [1.29, 1.82) is 0 Å². The minimum Gasteiger partial charge on any atom is -0.462 e.